The number of nitrogens with one attached hydrogen (secondary N) is 2. The number of carboxylic acid groups (broad SMARTS) is 3. The van der Waals surface area contributed by atoms with Gasteiger partial charge in [0, 0.05) is 88.3 Å². The van der Waals surface area contributed by atoms with Gasteiger partial charge in [0.25, 0.3) is 5.91 Å². The number of halogens is 1. The van der Waals surface area contributed by atoms with Crippen LogP contribution in [0.5, 0.6) is 0 Å². The van der Waals surface area contributed by atoms with Crippen molar-refractivity contribution in [2.75, 3.05) is 85.1 Å². The summed E-state index contributed by atoms with van der Waals surface area (Å²) in [5, 5.41) is 33.8. The first-order chi connectivity index (χ1) is 35.1. The molecular formula is C53H78BrN7O14. The van der Waals surface area contributed by atoms with E-state index in [1.807, 2.05) is 29.2 Å². The van der Waals surface area contributed by atoms with Crippen molar-refractivity contribution < 1.29 is 67.9 Å². The second kappa shape index (κ2) is 31.3. The molecule has 0 radical (unpaired) electrons. The molecule has 22 heteroatoms. The lowest BCUT2D eigenvalue weighted by atomic mass is 10.0. The number of urea groups is 1. The molecular weight excluding hydrogens is 1040 g/mol. The Morgan fingerprint density at radius 2 is 1.05 bits per heavy atom. The number of ketones is 2. The molecule has 1 aliphatic heterocycles. The van der Waals surface area contributed by atoms with Crippen molar-refractivity contribution in [2.24, 2.45) is 0 Å². The topological polar surface area (TPSA) is 273 Å². The van der Waals surface area contributed by atoms with Crippen molar-refractivity contribution in [3.63, 3.8) is 0 Å². The first kappa shape index (κ1) is 63.5. The molecule has 3 rings (SSSR count). The summed E-state index contributed by atoms with van der Waals surface area (Å²) < 4.78 is 11.7. The normalized spacial score (nSPS) is 15.5. The molecule has 1 aliphatic rings. The summed E-state index contributed by atoms with van der Waals surface area (Å²) in [7, 11) is 0. The molecule has 2 atom stereocenters. The molecule has 75 heavy (non-hydrogen) atoms. The van der Waals surface area contributed by atoms with Gasteiger partial charge in [0.05, 0.1) is 32.2 Å². The molecule has 2 aromatic carbocycles. The summed E-state index contributed by atoms with van der Waals surface area (Å²) in [5.74, 6) is -5.03. The number of hydrogen-bond acceptors (Lipinski definition) is 15. The minimum Gasteiger partial charge on any atom is -0.480 e. The van der Waals surface area contributed by atoms with E-state index >= 15 is 0 Å². The maximum Gasteiger partial charge on any atom is 0.329 e. The van der Waals surface area contributed by atoms with Crippen molar-refractivity contribution in [2.45, 2.75) is 123 Å². The van der Waals surface area contributed by atoms with Crippen LogP contribution in [0.1, 0.15) is 108 Å². The van der Waals surface area contributed by atoms with E-state index in [4.69, 9.17) is 9.47 Å². The fourth-order valence-corrected chi connectivity index (χ4v) is 8.38. The zero-order valence-electron chi connectivity index (χ0n) is 44.6. The molecule has 0 unspecified atom stereocenters. The van der Waals surface area contributed by atoms with Crippen molar-refractivity contribution in [1.29, 1.82) is 0 Å². The van der Waals surface area contributed by atoms with Gasteiger partial charge >= 0.3 is 35.9 Å². The molecule has 1 saturated heterocycles. The third-order valence-corrected chi connectivity index (χ3v) is 12.4. The second-order valence-corrected chi connectivity index (χ2v) is 21.8. The van der Waals surface area contributed by atoms with Gasteiger partial charge in [-0.2, -0.15) is 0 Å². The van der Waals surface area contributed by atoms with Crippen LogP contribution in [0.4, 0.5) is 4.79 Å². The van der Waals surface area contributed by atoms with Gasteiger partial charge in [0.1, 0.15) is 23.0 Å². The zero-order valence-corrected chi connectivity index (χ0v) is 46.2. The number of nitrogens with zero attached hydrogens (tertiary/aromatic N) is 5. The van der Waals surface area contributed by atoms with Crippen LogP contribution in [0.25, 0.3) is 0 Å². The number of benzene rings is 2. The maximum absolute atomic E-state index is 14.1. The van der Waals surface area contributed by atoms with Gasteiger partial charge in [-0.25, -0.2) is 9.59 Å². The van der Waals surface area contributed by atoms with Crippen LogP contribution in [-0.2, 0) is 56.0 Å². The van der Waals surface area contributed by atoms with Crippen molar-refractivity contribution in [3.8, 4) is 0 Å². The number of aliphatic carboxylic acids is 3. The number of carbonyl (C=O) groups is 9. The van der Waals surface area contributed by atoms with Crippen molar-refractivity contribution in [1.82, 2.24) is 35.1 Å². The molecule has 5 N–H and O–H groups in total. The molecule has 0 spiro atoms. The van der Waals surface area contributed by atoms with E-state index in [0.29, 0.717) is 57.5 Å². The number of ether oxygens (including phenoxy) is 2. The summed E-state index contributed by atoms with van der Waals surface area (Å²) in [5.41, 5.74) is 0.525. The van der Waals surface area contributed by atoms with Gasteiger partial charge in [-0.1, -0.05) is 40.2 Å². The number of aryl methyl sites for hydroxylation is 1. The summed E-state index contributed by atoms with van der Waals surface area (Å²) in [6, 6.07) is 11.7. The van der Waals surface area contributed by atoms with Crippen LogP contribution >= 0.6 is 15.9 Å². The first-order valence-electron chi connectivity index (χ1n) is 25.4. The smallest absolute Gasteiger partial charge is 0.329 e. The lowest BCUT2D eigenvalue weighted by molar-refractivity contribution is -0.158. The third-order valence-electron chi connectivity index (χ3n) is 11.9. The predicted molar refractivity (Wildman–Crippen MR) is 282 cm³/mol. The molecule has 21 nitrogen and oxygen atoms in total. The Hall–Kier alpha value is -5.81. The van der Waals surface area contributed by atoms with Crippen LogP contribution in [0, 0.1) is 0 Å². The number of rotatable bonds is 26. The highest BCUT2D eigenvalue weighted by Gasteiger charge is 2.30. The molecule has 0 saturated carbocycles. The Morgan fingerprint density at radius 3 is 1.51 bits per heavy atom. The van der Waals surface area contributed by atoms with E-state index in [-0.39, 0.29) is 102 Å². The number of carboxylic acids is 3. The Balaban J connectivity index is 1.65. The van der Waals surface area contributed by atoms with E-state index in [9.17, 15) is 58.5 Å². The first-order valence-corrected chi connectivity index (χ1v) is 26.1. The fourth-order valence-electron chi connectivity index (χ4n) is 8.12. The van der Waals surface area contributed by atoms with Crippen molar-refractivity contribution >= 4 is 69.3 Å². The molecule has 1 fully saturated rings. The molecule has 0 aliphatic carbocycles. The highest BCUT2D eigenvalue weighted by molar-refractivity contribution is 9.10. The highest BCUT2D eigenvalue weighted by atomic mass is 79.9. The molecule has 416 valence electrons. The fraction of sp³-hybridized carbons (Fsp3) is 0.604. The van der Waals surface area contributed by atoms with Crippen LogP contribution in [0.15, 0.2) is 53.0 Å². The largest absolute Gasteiger partial charge is 0.480 e. The van der Waals surface area contributed by atoms with Gasteiger partial charge in [-0.05, 0) is 116 Å². The van der Waals surface area contributed by atoms with Gasteiger partial charge in [-0.15, -0.1) is 0 Å². The predicted octanol–water partition coefficient (Wildman–Crippen LogP) is 4.33. The number of hydrogen-bond donors (Lipinski definition) is 5. The van der Waals surface area contributed by atoms with Crippen LogP contribution in [0.3, 0.4) is 0 Å². The van der Waals surface area contributed by atoms with E-state index in [2.05, 4.69) is 26.6 Å². The van der Waals surface area contributed by atoms with Gasteiger partial charge in [-0.3, -0.25) is 53.2 Å². The Morgan fingerprint density at radius 1 is 0.600 bits per heavy atom. The second-order valence-electron chi connectivity index (χ2n) is 20.9. The monoisotopic (exact) mass is 1120 g/mol. The molecule has 1 heterocycles. The lowest BCUT2D eigenvalue weighted by Crippen LogP contribution is -2.52. The number of amides is 3. The minimum absolute atomic E-state index is 0.0525. The summed E-state index contributed by atoms with van der Waals surface area (Å²) >= 11 is 3.46. The number of Topliss-reactive ketones (excluding diaryl/α,β-unsaturated/α-hetero) is 2. The standard InChI is InChI=1S/C53H78BrN7O14/c1-37(62)43(55-51(73)56-44(50(72)75-53(5,6)7)21-22-48(70)74-52(2,3)4)10-8-9-23-61(32-39-13-18-41(54)19-14-39)49(71)40-16-11-38(12-17-40)15-20-42(63)33-57-24-26-58(34-45(64)65)28-30-60(36-47(68)69)31-29-59(27-25-57)35-46(66)67/h11-14,16-19,43-44H,8-10,15,20-36H2,1-7H3,(H,64,65)(H,66,67)(H,68,69)(H2,55,56,73)/t43-,44-/m0/s1. The average Bonchev–Trinajstić information content (AvgIpc) is 3.29. The van der Waals surface area contributed by atoms with E-state index in [0.717, 1.165) is 15.6 Å². The van der Waals surface area contributed by atoms with E-state index < -0.39 is 59.2 Å². The quantitative estimate of drug-likeness (QED) is 0.0648. The van der Waals surface area contributed by atoms with E-state index in [1.54, 1.807) is 85.4 Å². The zero-order chi connectivity index (χ0) is 55.9. The molecule has 2 aromatic rings. The van der Waals surface area contributed by atoms with Crippen LogP contribution < -0.4 is 10.6 Å². The Labute approximate surface area is 448 Å². The third kappa shape index (κ3) is 27.0. The maximum atomic E-state index is 14.1. The Bertz CT molecular complexity index is 2200. The van der Waals surface area contributed by atoms with Gasteiger partial charge < -0.3 is 40.3 Å². The molecule has 0 bridgehead atoms. The number of esters is 2. The van der Waals surface area contributed by atoms with Gasteiger partial charge in [0.15, 0.2) is 5.78 Å². The minimum atomic E-state index is -1.20. The Kier molecular flexibility index (Phi) is 26.5. The van der Waals surface area contributed by atoms with Crippen LogP contribution in [0.2, 0.25) is 0 Å². The lowest BCUT2D eigenvalue weighted by Gasteiger charge is -2.32. The average molecular weight is 1120 g/mol. The van der Waals surface area contributed by atoms with Gasteiger partial charge in [0.2, 0.25) is 0 Å². The number of unbranched alkanes of at least 4 members (excludes halogenated alkanes) is 1. The summed E-state index contributed by atoms with van der Waals surface area (Å²) in [4.78, 5) is 123. The SMILES string of the molecule is CC(=O)[C@H](CCCCN(Cc1ccc(Br)cc1)C(=O)c1ccc(CCC(=O)CN2CCN(CC(=O)O)CCN(CC(=O)O)CCN(CC(=O)O)CC2)cc1)NC(=O)N[C@@H](CCC(=O)OC(C)(C)C)C(=O)OC(C)(C)C. The number of carbonyl (C=O) groups excluding carboxylic acids is 6. The van der Waals surface area contributed by atoms with Crippen molar-refractivity contribution in [3.05, 3.63) is 69.7 Å². The highest BCUT2D eigenvalue weighted by Crippen LogP contribution is 2.18. The summed E-state index contributed by atoms with van der Waals surface area (Å²) in [6.45, 7) is 13.7. The van der Waals surface area contributed by atoms with E-state index in [1.165, 1.54) is 6.92 Å². The summed E-state index contributed by atoms with van der Waals surface area (Å²) in [6.07, 6.45) is 1.47. The molecule has 0 aromatic heterocycles. The molecule has 3 amide bonds. The van der Waals surface area contributed by atoms with Crippen LogP contribution in [-0.4, -0.2) is 202 Å².